The Kier molecular flexibility index (Phi) is 4.07. The fourth-order valence-electron chi connectivity index (χ4n) is 3.57. The zero-order valence-corrected chi connectivity index (χ0v) is 16.1. The third-order valence-corrected chi connectivity index (χ3v) is 5.10. The van der Waals surface area contributed by atoms with Gasteiger partial charge in [-0.15, -0.1) is 5.10 Å². The number of nitrogens with one attached hydrogen (secondary N) is 2. The van der Waals surface area contributed by atoms with E-state index in [4.69, 9.17) is 4.98 Å². The molecule has 2 N–H and O–H groups in total. The summed E-state index contributed by atoms with van der Waals surface area (Å²) in [4.78, 5) is 4.81. The predicted octanol–water partition coefficient (Wildman–Crippen LogP) is 4.11. The fraction of sp³-hybridized carbons (Fsp3) is 0.333. The van der Waals surface area contributed by atoms with Gasteiger partial charge >= 0.3 is 0 Å². The van der Waals surface area contributed by atoms with Crippen molar-refractivity contribution in [1.29, 1.82) is 0 Å². The van der Waals surface area contributed by atoms with E-state index in [0.29, 0.717) is 0 Å². The minimum atomic E-state index is 0.281. The van der Waals surface area contributed by atoms with Gasteiger partial charge in [-0.05, 0) is 32.6 Å². The highest BCUT2D eigenvalue weighted by atomic mass is 15.4. The van der Waals surface area contributed by atoms with Crippen molar-refractivity contribution in [3.05, 3.63) is 43.0 Å². The van der Waals surface area contributed by atoms with Gasteiger partial charge in [0.05, 0.1) is 23.6 Å². The van der Waals surface area contributed by atoms with Crippen LogP contribution in [0.5, 0.6) is 0 Å². The van der Waals surface area contributed by atoms with Crippen LogP contribution in [0.1, 0.15) is 26.7 Å². The maximum atomic E-state index is 4.81. The molecule has 1 aliphatic rings. The molecule has 0 bridgehead atoms. The SMILES string of the molecule is CC(C)Nc1c(-c2cn(CC3CC3)nn2)cnc2c(-c3cn[nH]c3)cccc12. The van der Waals surface area contributed by atoms with Crippen molar-refractivity contribution in [3.63, 3.8) is 0 Å². The van der Waals surface area contributed by atoms with E-state index in [1.807, 2.05) is 29.5 Å². The van der Waals surface area contributed by atoms with Crippen LogP contribution in [-0.4, -0.2) is 36.2 Å². The molecule has 0 radical (unpaired) electrons. The van der Waals surface area contributed by atoms with Crippen LogP contribution in [-0.2, 0) is 6.54 Å². The van der Waals surface area contributed by atoms with Gasteiger partial charge in [0.1, 0.15) is 5.69 Å². The molecule has 3 heterocycles. The normalized spacial score (nSPS) is 14.1. The molecule has 5 rings (SSSR count). The summed E-state index contributed by atoms with van der Waals surface area (Å²) in [6.45, 7) is 5.23. The lowest BCUT2D eigenvalue weighted by Gasteiger charge is -2.17. The van der Waals surface area contributed by atoms with Gasteiger partial charge in [-0.2, -0.15) is 5.10 Å². The average molecular weight is 373 g/mol. The highest BCUT2D eigenvalue weighted by Gasteiger charge is 2.23. The van der Waals surface area contributed by atoms with E-state index in [2.05, 4.69) is 57.9 Å². The molecule has 7 heteroatoms. The number of rotatable bonds is 6. The number of fused-ring (bicyclic) bond motifs is 1. The second kappa shape index (κ2) is 6.74. The number of aromatic nitrogens is 6. The molecule has 0 atom stereocenters. The molecule has 4 aromatic rings. The molecule has 0 spiro atoms. The van der Waals surface area contributed by atoms with E-state index in [1.54, 1.807) is 0 Å². The van der Waals surface area contributed by atoms with Crippen LogP contribution < -0.4 is 5.32 Å². The van der Waals surface area contributed by atoms with Crippen LogP contribution in [0, 0.1) is 5.92 Å². The number of para-hydroxylation sites is 1. The van der Waals surface area contributed by atoms with Gasteiger partial charge in [0.2, 0.25) is 0 Å². The average Bonchev–Trinajstić information content (AvgIpc) is 3.15. The first-order valence-electron chi connectivity index (χ1n) is 9.77. The number of anilines is 1. The lowest BCUT2D eigenvalue weighted by atomic mass is 10.0. The fourth-order valence-corrected chi connectivity index (χ4v) is 3.57. The van der Waals surface area contributed by atoms with Gasteiger partial charge in [-0.1, -0.05) is 23.4 Å². The van der Waals surface area contributed by atoms with Crippen LogP contribution in [0.4, 0.5) is 5.69 Å². The molecular weight excluding hydrogens is 350 g/mol. The van der Waals surface area contributed by atoms with Crippen LogP contribution >= 0.6 is 0 Å². The van der Waals surface area contributed by atoms with E-state index < -0.39 is 0 Å². The summed E-state index contributed by atoms with van der Waals surface area (Å²) in [5.41, 5.74) is 5.91. The zero-order valence-electron chi connectivity index (χ0n) is 16.1. The van der Waals surface area contributed by atoms with Gasteiger partial charge in [0, 0.05) is 47.1 Å². The molecule has 1 fully saturated rings. The molecule has 7 nitrogen and oxygen atoms in total. The van der Waals surface area contributed by atoms with Gasteiger partial charge < -0.3 is 5.32 Å². The summed E-state index contributed by atoms with van der Waals surface area (Å²) in [6, 6.07) is 6.52. The molecular formula is C21H23N7. The Morgan fingerprint density at radius 1 is 1.21 bits per heavy atom. The molecule has 1 saturated carbocycles. The number of nitrogens with zero attached hydrogens (tertiary/aromatic N) is 5. The Hall–Kier alpha value is -3.22. The second-order valence-electron chi connectivity index (χ2n) is 7.80. The highest BCUT2D eigenvalue weighted by Crippen LogP contribution is 2.37. The lowest BCUT2D eigenvalue weighted by Crippen LogP contribution is -2.11. The number of pyridine rings is 1. The third kappa shape index (κ3) is 3.13. The number of aromatic amines is 1. The topological polar surface area (TPSA) is 84.3 Å². The van der Waals surface area contributed by atoms with Crippen LogP contribution in [0.25, 0.3) is 33.3 Å². The first-order valence-corrected chi connectivity index (χ1v) is 9.77. The molecule has 142 valence electrons. The molecule has 3 aromatic heterocycles. The minimum absolute atomic E-state index is 0.281. The monoisotopic (exact) mass is 373 g/mol. The number of H-pyrrole nitrogens is 1. The molecule has 0 amide bonds. The second-order valence-corrected chi connectivity index (χ2v) is 7.80. The summed E-state index contributed by atoms with van der Waals surface area (Å²) in [7, 11) is 0. The minimum Gasteiger partial charge on any atom is -0.382 e. The largest absolute Gasteiger partial charge is 0.382 e. The summed E-state index contributed by atoms with van der Waals surface area (Å²) >= 11 is 0. The Labute approximate surface area is 163 Å². The van der Waals surface area contributed by atoms with Crippen molar-refractivity contribution in [3.8, 4) is 22.4 Å². The van der Waals surface area contributed by atoms with Crippen molar-refractivity contribution in [1.82, 2.24) is 30.2 Å². The van der Waals surface area contributed by atoms with E-state index >= 15 is 0 Å². The Morgan fingerprint density at radius 3 is 2.86 bits per heavy atom. The van der Waals surface area contributed by atoms with Gasteiger partial charge in [-0.3, -0.25) is 14.8 Å². The standard InChI is InChI=1S/C21H23N7/c1-13(2)25-21-17-5-3-4-16(15-8-23-24-9-15)20(17)22-10-18(21)19-12-28(27-26-19)11-14-6-7-14/h3-5,8-10,12-14H,6-7,11H2,1-2H3,(H,22,25)(H,23,24). The highest BCUT2D eigenvalue weighted by molar-refractivity contribution is 6.04. The van der Waals surface area contributed by atoms with Crippen molar-refractivity contribution in [2.75, 3.05) is 5.32 Å². The van der Waals surface area contributed by atoms with Crippen LogP contribution in [0.15, 0.2) is 43.0 Å². The van der Waals surface area contributed by atoms with Crippen molar-refractivity contribution in [2.45, 2.75) is 39.3 Å². The summed E-state index contributed by atoms with van der Waals surface area (Å²) in [6.07, 6.45) is 10.2. The number of benzene rings is 1. The molecule has 0 aliphatic heterocycles. The quantitative estimate of drug-likeness (QED) is 0.531. The number of hydrogen-bond acceptors (Lipinski definition) is 5. The molecule has 0 saturated heterocycles. The third-order valence-electron chi connectivity index (χ3n) is 5.10. The molecule has 1 aromatic carbocycles. The van der Waals surface area contributed by atoms with Crippen molar-refractivity contribution < 1.29 is 0 Å². The molecule has 1 aliphatic carbocycles. The van der Waals surface area contributed by atoms with Crippen LogP contribution in [0.2, 0.25) is 0 Å². The first kappa shape index (κ1) is 16.9. The maximum Gasteiger partial charge on any atom is 0.116 e. The Balaban J connectivity index is 1.65. The smallest absolute Gasteiger partial charge is 0.116 e. The van der Waals surface area contributed by atoms with Crippen molar-refractivity contribution >= 4 is 16.6 Å². The molecule has 28 heavy (non-hydrogen) atoms. The Bertz CT molecular complexity index is 1110. The summed E-state index contributed by atoms with van der Waals surface area (Å²) in [5.74, 6) is 0.759. The van der Waals surface area contributed by atoms with Crippen molar-refractivity contribution in [2.24, 2.45) is 5.92 Å². The Morgan fingerprint density at radius 2 is 2.11 bits per heavy atom. The van der Waals surface area contributed by atoms with Gasteiger partial charge in [-0.25, -0.2) is 0 Å². The zero-order chi connectivity index (χ0) is 19.1. The van der Waals surface area contributed by atoms with Gasteiger partial charge in [0.25, 0.3) is 0 Å². The number of hydrogen-bond donors (Lipinski definition) is 2. The van der Waals surface area contributed by atoms with E-state index in [1.165, 1.54) is 12.8 Å². The predicted molar refractivity (Wildman–Crippen MR) is 110 cm³/mol. The summed E-state index contributed by atoms with van der Waals surface area (Å²) in [5, 5.41) is 20.4. The van der Waals surface area contributed by atoms with E-state index in [9.17, 15) is 0 Å². The van der Waals surface area contributed by atoms with Gasteiger partial charge in [0.15, 0.2) is 0 Å². The van der Waals surface area contributed by atoms with E-state index in [-0.39, 0.29) is 6.04 Å². The maximum absolute atomic E-state index is 4.81. The molecule has 0 unspecified atom stereocenters. The van der Waals surface area contributed by atoms with E-state index in [0.717, 1.165) is 51.4 Å². The lowest BCUT2D eigenvalue weighted by molar-refractivity contribution is 0.544. The van der Waals surface area contributed by atoms with Crippen LogP contribution in [0.3, 0.4) is 0 Å². The summed E-state index contributed by atoms with van der Waals surface area (Å²) < 4.78 is 1.96. The first-order chi connectivity index (χ1) is 13.7.